The van der Waals surface area contributed by atoms with Crippen molar-refractivity contribution in [2.24, 2.45) is 5.73 Å². The molecule has 0 bridgehead atoms. The van der Waals surface area contributed by atoms with E-state index < -0.39 is 5.54 Å². The highest BCUT2D eigenvalue weighted by atomic mass is 79.9. The van der Waals surface area contributed by atoms with E-state index in [1.165, 1.54) is 0 Å². The summed E-state index contributed by atoms with van der Waals surface area (Å²) in [5, 5.41) is 5.01. The highest BCUT2D eigenvalue weighted by molar-refractivity contribution is 9.10. The second kappa shape index (κ2) is 4.71. The Morgan fingerprint density at radius 3 is 2.44 bits per heavy atom. The lowest BCUT2D eigenvalue weighted by Gasteiger charge is -2.18. The Morgan fingerprint density at radius 1 is 1.17 bits per heavy atom. The number of benzene rings is 2. The molecule has 0 fully saturated rings. The van der Waals surface area contributed by atoms with Crippen LogP contribution in [-0.4, -0.2) is 11.4 Å². The lowest BCUT2D eigenvalue weighted by Crippen LogP contribution is -2.45. The Morgan fingerprint density at radius 2 is 1.78 bits per heavy atom. The number of rotatable bonds is 2. The van der Waals surface area contributed by atoms with Crippen molar-refractivity contribution in [1.82, 2.24) is 0 Å². The van der Waals surface area contributed by atoms with Gasteiger partial charge in [0.1, 0.15) is 0 Å². The first-order valence-electron chi connectivity index (χ1n) is 5.66. The van der Waals surface area contributed by atoms with Gasteiger partial charge in [-0.2, -0.15) is 0 Å². The van der Waals surface area contributed by atoms with Crippen molar-refractivity contribution in [2.45, 2.75) is 19.4 Å². The molecular weight excluding hydrogens is 292 g/mol. The van der Waals surface area contributed by atoms with E-state index in [-0.39, 0.29) is 5.91 Å². The third-order valence-corrected chi connectivity index (χ3v) is 3.14. The van der Waals surface area contributed by atoms with Crippen LogP contribution >= 0.6 is 15.9 Å². The van der Waals surface area contributed by atoms with Gasteiger partial charge in [0, 0.05) is 10.2 Å². The van der Waals surface area contributed by atoms with Gasteiger partial charge in [-0.3, -0.25) is 4.79 Å². The summed E-state index contributed by atoms with van der Waals surface area (Å²) >= 11 is 3.43. The van der Waals surface area contributed by atoms with Gasteiger partial charge in [0.05, 0.1) is 5.54 Å². The largest absolute Gasteiger partial charge is 0.324 e. The second-order valence-electron chi connectivity index (χ2n) is 4.88. The molecule has 2 aromatic rings. The highest BCUT2D eigenvalue weighted by Crippen LogP contribution is 2.23. The van der Waals surface area contributed by atoms with Crippen LogP contribution in [-0.2, 0) is 4.79 Å². The predicted octanol–water partition coefficient (Wildman–Crippen LogP) is 3.28. The Bertz CT molecular complexity index is 602. The molecule has 0 atom stereocenters. The molecular formula is C14H15BrN2O. The van der Waals surface area contributed by atoms with Gasteiger partial charge in [0.15, 0.2) is 0 Å². The smallest absolute Gasteiger partial charge is 0.243 e. The minimum atomic E-state index is -0.880. The summed E-state index contributed by atoms with van der Waals surface area (Å²) in [5.41, 5.74) is 5.62. The van der Waals surface area contributed by atoms with E-state index in [9.17, 15) is 4.79 Å². The van der Waals surface area contributed by atoms with Crippen molar-refractivity contribution in [1.29, 1.82) is 0 Å². The van der Waals surface area contributed by atoms with Gasteiger partial charge in [-0.05, 0) is 48.9 Å². The van der Waals surface area contributed by atoms with Crippen molar-refractivity contribution >= 4 is 38.3 Å². The average Bonchev–Trinajstić information content (AvgIpc) is 2.28. The van der Waals surface area contributed by atoms with Crippen LogP contribution in [0.25, 0.3) is 10.8 Å². The van der Waals surface area contributed by atoms with E-state index in [1.807, 2.05) is 36.4 Å². The lowest BCUT2D eigenvalue weighted by atomic mass is 10.1. The van der Waals surface area contributed by atoms with Crippen LogP contribution < -0.4 is 11.1 Å². The maximum absolute atomic E-state index is 11.8. The standard InChI is InChI=1S/C14H15BrN2O/c1-14(2,16)13(18)17-12-6-4-9-7-11(15)5-3-10(9)8-12/h3-8H,16H2,1-2H3,(H,17,18). The molecule has 0 aliphatic heterocycles. The Labute approximate surface area is 114 Å². The van der Waals surface area contributed by atoms with E-state index in [2.05, 4.69) is 21.2 Å². The third-order valence-electron chi connectivity index (χ3n) is 2.65. The molecule has 3 nitrogen and oxygen atoms in total. The molecule has 4 heteroatoms. The maximum atomic E-state index is 11.8. The summed E-state index contributed by atoms with van der Waals surface area (Å²) in [6.07, 6.45) is 0. The molecule has 0 aromatic heterocycles. The van der Waals surface area contributed by atoms with Gasteiger partial charge in [-0.15, -0.1) is 0 Å². The van der Waals surface area contributed by atoms with Crippen molar-refractivity contribution in [3.05, 3.63) is 40.9 Å². The van der Waals surface area contributed by atoms with Gasteiger partial charge in [0.2, 0.25) is 5.91 Å². The molecule has 3 N–H and O–H groups in total. The van der Waals surface area contributed by atoms with Gasteiger partial charge in [-0.25, -0.2) is 0 Å². The molecule has 2 aromatic carbocycles. The van der Waals surface area contributed by atoms with Crippen molar-refractivity contribution in [3.8, 4) is 0 Å². The monoisotopic (exact) mass is 306 g/mol. The number of hydrogen-bond donors (Lipinski definition) is 2. The summed E-state index contributed by atoms with van der Waals surface area (Å²) in [6.45, 7) is 3.36. The molecule has 18 heavy (non-hydrogen) atoms. The number of carbonyl (C=O) groups is 1. The quantitative estimate of drug-likeness (QED) is 0.894. The number of amides is 1. The van der Waals surface area contributed by atoms with E-state index >= 15 is 0 Å². The number of halogens is 1. The minimum Gasteiger partial charge on any atom is -0.324 e. The van der Waals surface area contributed by atoms with E-state index in [1.54, 1.807) is 13.8 Å². The molecule has 2 rings (SSSR count). The highest BCUT2D eigenvalue weighted by Gasteiger charge is 2.21. The first kappa shape index (κ1) is 13.1. The summed E-state index contributed by atoms with van der Waals surface area (Å²) < 4.78 is 1.04. The molecule has 1 amide bonds. The van der Waals surface area contributed by atoms with Crippen LogP contribution in [0.1, 0.15) is 13.8 Å². The molecule has 0 heterocycles. The SMILES string of the molecule is CC(C)(N)C(=O)Nc1ccc2cc(Br)ccc2c1. The summed E-state index contributed by atoms with van der Waals surface area (Å²) in [7, 11) is 0. The van der Waals surface area contributed by atoms with Gasteiger partial charge in [0.25, 0.3) is 0 Å². The van der Waals surface area contributed by atoms with Gasteiger partial charge >= 0.3 is 0 Å². The maximum Gasteiger partial charge on any atom is 0.243 e. The minimum absolute atomic E-state index is 0.195. The number of carbonyl (C=O) groups excluding carboxylic acids is 1. The van der Waals surface area contributed by atoms with Crippen LogP contribution in [0, 0.1) is 0 Å². The van der Waals surface area contributed by atoms with E-state index in [4.69, 9.17) is 5.73 Å². The first-order valence-corrected chi connectivity index (χ1v) is 6.45. The van der Waals surface area contributed by atoms with Crippen LogP contribution in [0.2, 0.25) is 0 Å². The second-order valence-corrected chi connectivity index (χ2v) is 5.80. The lowest BCUT2D eigenvalue weighted by molar-refractivity contribution is -0.120. The van der Waals surface area contributed by atoms with Gasteiger partial charge < -0.3 is 11.1 Å². The van der Waals surface area contributed by atoms with Crippen LogP contribution in [0.5, 0.6) is 0 Å². The average molecular weight is 307 g/mol. The van der Waals surface area contributed by atoms with Crippen LogP contribution in [0.4, 0.5) is 5.69 Å². The molecule has 94 valence electrons. The molecule has 0 saturated heterocycles. The van der Waals surface area contributed by atoms with E-state index in [0.717, 1.165) is 20.9 Å². The summed E-state index contributed by atoms with van der Waals surface area (Å²) in [6, 6.07) is 11.8. The van der Waals surface area contributed by atoms with Crippen LogP contribution in [0.15, 0.2) is 40.9 Å². The Kier molecular flexibility index (Phi) is 3.41. The molecule has 0 saturated carbocycles. The number of nitrogens with one attached hydrogen (secondary N) is 1. The number of anilines is 1. The fourth-order valence-electron chi connectivity index (χ4n) is 1.59. The normalized spacial score (nSPS) is 11.6. The molecule has 0 unspecified atom stereocenters. The predicted molar refractivity (Wildman–Crippen MR) is 78.5 cm³/mol. The molecule has 0 spiro atoms. The molecule has 0 radical (unpaired) electrons. The Balaban J connectivity index is 2.31. The summed E-state index contributed by atoms with van der Waals surface area (Å²) in [4.78, 5) is 11.8. The number of hydrogen-bond acceptors (Lipinski definition) is 2. The van der Waals surface area contributed by atoms with E-state index in [0.29, 0.717) is 0 Å². The number of nitrogens with two attached hydrogens (primary N) is 1. The Hall–Kier alpha value is -1.39. The fraction of sp³-hybridized carbons (Fsp3) is 0.214. The molecule has 0 aliphatic rings. The van der Waals surface area contributed by atoms with Gasteiger partial charge in [-0.1, -0.05) is 28.1 Å². The van der Waals surface area contributed by atoms with Crippen molar-refractivity contribution in [2.75, 3.05) is 5.32 Å². The fourth-order valence-corrected chi connectivity index (χ4v) is 1.97. The summed E-state index contributed by atoms with van der Waals surface area (Å²) in [5.74, 6) is -0.195. The van der Waals surface area contributed by atoms with Crippen molar-refractivity contribution in [3.63, 3.8) is 0 Å². The van der Waals surface area contributed by atoms with Crippen LogP contribution in [0.3, 0.4) is 0 Å². The zero-order chi connectivity index (χ0) is 13.3. The number of fused-ring (bicyclic) bond motifs is 1. The first-order chi connectivity index (χ1) is 8.36. The zero-order valence-corrected chi connectivity index (χ0v) is 11.9. The topological polar surface area (TPSA) is 55.1 Å². The molecule has 0 aliphatic carbocycles. The third kappa shape index (κ3) is 2.89. The zero-order valence-electron chi connectivity index (χ0n) is 10.3. The van der Waals surface area contributed by atoms with Crippen molar-refractivity contribution < 1.29 is 4.79 Å².